The number of nitrogens with one attached hydrogen (secondary N) is 1. The molecule has 4 nitrogen and oxygen atoms in total. The van der Waals surface area contributed by atoms with E-state index >= 15 is 0 Å². The van der Waals surface area contributed by atoms with Gasteiger partial charge in [0.25, 0.3) is 0 Å². The molecular weight excluding hydrogens is 320 g/mol. The number of thioether (sulfide) groups is 1. The Bertz CT molecular complexity index is 569. The molecule has 1 aromatic carbocycles. The first-order chi connectivity index (χ1) is 11.5. The number of hydrogen-bond acceptors (Lipinski definition) is 4. The van der Waals surface area contributed by atoms with Gasteiger partial charge in [0.2, 0.25) is 5.91 Å². The number of anilines is 2. The number of benzene rings is 1. The Morgan fingerprint density at radius 1 is 1.29 bits per heavy atom. The average Bonchev–Trinajstić information content (AvgIpc) is 3.06. The molecule has 0 unspecified atom stereocenters. The molecule has 134 valence electrons. The fourth-order valence-electron chi connectivity index (χ4n) is 3.20. The molecule has 1 aliphatic rings. The highest BCUT2D eigenvalue weighted by Gasteiger charge is 2.15. The molecule has 0 aromatic heterocycles. The number of ether oxygens (including phenoxy) is 1. The molecule has 0 radical (unpaired) electrons. The zero-order valence-electron chi connectivity index (χ0n) is 15.1. The molecular formula is C19H30N2O2S. The summed E-state index contributed by atoms with van der Waals surface area (Å²) in [6.45, 7) is 6.76. The molecule has 5 heteroatoms. The van der Waals surface area contributed by atoms with Crippen molar-refractivity contribution in [1.82, 2.24) is 0 Å². The second-order valence-electron chi connectivity index (χ2n) is 6.66. The summed E-state index contributed by atoms with van der Waals surface area (Å²) in [6, 6.07) is 2.02. The van der Waals surface area contributed by atoms with E-state index in [0.29, 0.717) is 11.9 Å². The van der Waals surface area contributed by atoms with Crippen LogP contribution in [0.3, 0.4) is 0 Å². The molecule has 1 fully saturated rings. The van der Waals surface area contributed by atoms with Crippen molar-refractivity contribution in [1.29, 1.82) is 0 Å². The van der Waals surface area contributed by atoms with Crippen LogP contribution < -0.4 is 11.1 Å². The molecule has 1 aromatic rings. The monoisotopic (exact) mass is 350 g/mol. The lowest BCUT2D eigenvalue weighted by Crippen LogP contribution is -2.17. The second-order valence-corrected chi connectivity index (χ2v) is 7.76. The predicted octanol–water partition coefficient (Wildman–Crippen LogP) is 4.22. The number of nitrogens with two attached hydrogens (primary N) is 1. The molecule has 2 rings (SSSR count). The van der Waals surface area contributed by atoms with Gasteiger partial charge in [-0.25, -0.2) is 0 Å². The van der Waals surface area contributed by atoms with Gasteiger partial charge in [-0.2, -0.15) is 11.8 Å². The third-order valence-corrected chi connectivity index (χ3v) is 5.66. The van der Waals surface area contributed by atoms with Crippen molar-refractivity contribution in [2.75, 3.05) is 29.2 Å². The van der Waals surface area contributed by atoms with Crippen LogP contribution >= 0.6 is 11.8 Å². The first-order valence-electron chi connectivity index (χ1n) is 8.84. The van der Waals surface area contributed by atoms with E-state index in [1.165, 1.54) is 25.7 Å². The molecule has 0 atom stereocenters. The van der Waals surface area contributed by atoms with Crippen LogP contribution in [0.25, 0.3) is 0 Å². The summed E-state index contributed by atoms with van der Waals surface area (Å²) in [5, 5.41) is 3.01. The third-order valence-electron chi connectivity index (χ3n) is 4.62. The number of hydrogen-bond donors (Lipinski definition) is 2. The maximum atomic E-state index is 12.2. The van der Waals surface area contributed by atoms with E-state index < -0.39 is 0 Å². The maximum absolute atomic E-state index is 12.2. The summed E-state index contributed by atoms with van der Waals surface area (Å²) in [5.41, 5.74) is 10.7. The van der Waals surface area contributed by atoms with Gasteiger partial charge in [0, 0.05) is 18.0 Å². The van der Waals surface area contributed by atoms with Crippen LogP contribution in [0.1, 0.15) is 48.8 Å². The fraction of sp³-hybridized carbons (Fsp3) is 0.632. The molecule has 1 amide bonds. The zero-order chi connectivity index (χ0) is 17.5. The summed E-state index contributed by atoms with van der Waals surface area (Å²) in [4.78, 5) is 12.2. The van der Waals surface area contributed by atoms with E-state index in [1.54, 1.807) is 11.8 Å². The minimum atomic E-state index is 0.0335. The summed E-state index contributed by atoms with van der Waals surface area (Å²) in [7, 11) is 0. The van der Waals surface area contributed by atoms with Gasteiger partial charge in [-0.1, -0.05) is 18.9 Å². The highest BCUT2D eigenvalue weighted by Crippen LogP contribution is 2.28. The number of carbonyl (C=O) groups excluding carboxylic acids is 1. The van der Waals surface area contributed by atoms with Gasteiger partial charge in [-0.15, -0.1) is 0 Å². The van der Waals surface area contributed by atoms with Crippen LogP contribution in [0.5, 0.6) is 0 Å². The van der Waals surface area contributed by atoms with Gasteiger partial charge in [-0.3, -0.25) is 4.79 Å². The normalized spacial score (nSPS) is 15.0. The second kappa shape index (κ2) is 9.33. The Hall–Kier alpha value is -1.20. The van der Waals surface area contributed by atoms with Gasteiger partial charge in [-0.05, 0) is 62.5 Å². The largest absolute Gasteiger partial charge is 0.398 e. The lowest BCUT2D eigenvalue weighted by atomic mass is 10.0. The fourth-order valence-corrected chi connectivity index (χ4v) is 3.92. The van der Waals surface area contributed by atoms with Crippen LogP contribution in [0.4, 0.5) is 11.4 Å². The molecule has 0 saturated heterocycles. The number of nitrogen functional groups attached to an aromatic ring is 1. The zero-order valence-corrected chi connectivity index (χ0v) is 15.9. The van der Waals surface area contributed by atoms with Crippen LogP contribution in [0.2, 0.25) is 0 Å². The molecule has 0 aliphatic heterocycles. The Balaban J connectivity index is 1.67. The number of carbonyl (C=O) groups is 1. The van der Waals surface area contributed by atoms with Crippen molar-refractivity contribution in [3.8, 4) is 0 Å². The van der Waals surface area contributed by atoms with Crippen molar-refractivity contribution < 1.29 is 9.53 Å². The molecule has 0 spiro atoms. The van der Waals surface area contributed by atoms with Crippen molar-refractivity contribution in [2.24, 2.45) is 0 Å². The van der Waals surface area contributed by atoms with E-state index in [4.69, 9.17) is 10.5 Å². The third kappa shape index (κ3) is 5.42. The Labute approximate surface area is 149 Å². The van der Waals surface area contributed by atoms with Crippen molar-refractivity contribution in [3.63, 3.8) is 0 Å². The molecule has 0 heterocycles. The number of amides is 1. The first-order valence-corrected chi connectivity index (χ1v) is 10.00. The summed E-state index contributed by atoms with van der Waals surface area (Å²) in [5.74, 6) is 1.45. The molecule has 3 N–H and O–H groups in total. The van der Waals surface area contributed by atoms with Crippen molar-refractivity contribution in [3.05, 3.63) is 22.8 Å². The molecule has 0 bridgehead atoms. The van der Waals surface area contributed by atoms with Gasteiger partial charge in [0.15, 0.2) is 0 Å². The van der Waals surface area contributed by atoms with E-state index in [1.807, 2.05) is 26.8 Å². The molecule has 24 heavy (non-hydrogen) atoms. The number of rotatable bonds is 8. The van der Waals surface area contributed by atoms with E-state index in [2.05, 4.69) is 5.32 Å². The van der Waals surface area contributed by atoms with E-state index in [0.717, 1.165) is 46.8 Å². The number of aryl methyl sites for hydroxylation is 2. The van der Waals surface area contributed by atoms with E-state index in [9.17, 15) is 4.79 Å². The maximum Gasteiger partial charge on any atom is 0.234 e. The quantitative estimate of drug-likeness (QED) is 0.544. The van der Waals surface area contributed by atoms with Crippen LogP contribution in [0.15, 0.2) is 6.07 Å². The first kappa shape index (κ1) is 19.1. The lowest BCUT2D eigenvalue weighted by Gasteiger charge is -2.15. The Kier molecular flexibility index (Phi) is 7.43. The lowest BCUT2D eigenvalue weighted by molar-refractivity contribution is -0.113. The smallest absolute Gasteiger partial charge is 0.234 e. The van der Waals surface area contributed by atoms with Gasteiger partial charge >= 0.3 is 0 Å². The Morgan fingerprint density at radius 3 is 2.71 bits per heavy atom. The van der Waals surface area contributed by atoms with Gasteiger partial charge in [0.05, 0.1) is 11.9 Å². The topological polar surface area (TPSA) is 64.3 Å². The SMILES string of the molecule is Cc1cc(C)c(NC(=O)CSCCCOC2CCCC2)c(C)c1N. The van der Waals surface area contributed by atoms with Gasteiger partial charge in [0.1, 0.15) is 0 Å². The van der Waals surface area contributed by atoms with Crippen LogP contribution in [-0.4, -0.2) is 30.1 Å². The van der Waals surface area contributed by atoms with Crippen molar-refractivity contribution in [2.45, 2.75) is 59.0 Å². The Morgan fingerprint density at radius 2 is 2.00 bits per heavy atom. The summed E-state index contributed by atoms with van der Waals surface area (Å²) >= 11 is 1.66. The highest BCUT2D eigenvalue weighted by molar-refractivity contribution is 7.99. The summed E-state index contributed by atoms with van der Waals surface area (Å²) < 4.78 is 5.83. The molecule has 1 aliphatic carbocycles. The highest BCUT2D eigenvalue weighted by atomic mass is 32.2. The standard InChI is InChI=1S/C19H30N2O2S/c1-13-11-14(2)19(15(3)18(13)20)21-17(22)12-24-10-6-9-23-16-7-4-5-8-16/h11,16H,4-10,12,20H2,1-3H3,(H,21,22). The minimum Gasteiger partial charge on any atom is -0.398 e. The van der Waals surface area contributed by atoms with Crippen LogP contribution in [-0.2, 0) is 9.53 Å². The molecule has 1 saturated carbocycles. The summed E-state index contributed by atoms with van der Waals surface area (Å²) in [6.07, 6.45) is 6.53. The average molecular weight is 351 g/mol. The van der Waals surface area contributed by atoms with Crippen LogP contribution in [0, 0.1) is 20.8 Å². The van der Waals surface area contributed by atoms with Crippen molar-refractivity contribution >= 4 is 29.0 Å². The predicted molar refractivity (Wildman–Crippen MR) is 104 cm³/mol. The van der Waals surface area contributed by atoms with E-state index in [-0.39, 0.29) is 5.91 Å². The van der Waals surface area contributed by atoms with Gasteiger partial charge < -0.3 is 15.8 Å². The minimum absolute atomic E-state index is 0.0335.